The molecule has 0 radical (unpaired) electrons. The molecule has 2 heterocycles. The van der Waals surface area contributed by atoms with Crippen molar-refractivity contribution in [2.75, 3.05) is 26.2 Å². The van der Waals surface area contributed by atoms with E-state index in [0.717, 1.165) is 37.6 Å². The Balaban J connectivity index is 2.02. The second-order valence-electron chi connectivity index (χ2n) is 4.57. The predicted molar refractivity (Wildman–Crippen MR) is 61.5 cm³/mol. The van der Waals surface area contributed by atoms with E-state index in [0.29, 0.717) is 5.92 Å². The van der Waals surface area contributed by atoms with E-state index in [1.165, 1.54) is 0 Å². The summed E-state index contributed by atoms with van der Waals surface area (Å²) in [5.41, 5.74) is 0.868. The normalized spacial score (nSPS) is 23.8. The number of hydrogen-bond donors (Lipinski definition) is 1. The van der Waals surface area contributed by atoms with Crippen molar-refractivity contribution >= 4 is 0 Å². The lowest BCUT2D eigenvalue weighted by atomic mass is 10.1. The van der Waals surface area contributed by atoms with Gasteiger partial charge in [0.15, 0.2) is 5.89 Å². The molecule has 4 nitrogen and oxygen atoms in total. The second kappa shape index (κ2) is 4.97. The van der Waals surface area contributed by atoms with Crippen molar-refractivity contribution in [1.82, 2.24) is 9.88 Å². The van der Waals surface area contributed by atoms with Gasteiger partial charge in [0.25, 0.3) is 0 Å². The molecule has 4 heteroatoms. The number of aliphatic hydroxyl groups excluding tert-OH is 1. The summed E-state index contributed by atoms with van der Waals surface area (Å²) in [4.78, 5) is 6.89. The van der Waals surface area contributed by atoms with Crippen molar-refractivity contribution in [3.63, 3.8) is 0 Å². The molecule has 2 atom stereocenters. The molecule has 90 valence electrons. The van der Waals surface area contributed by atoms with Crippen LogP contribution in [0.25, 0.3) is 0 Å². The summed E-state index contributed by atoms with van der Waals surface area (Å²) in [6, 6.07) is 0. The Labute approximate surface area is 96.3 Å². The summed E-state index contributed by atoms with van der Waals surface area (Å²) < 4.78 is 5.52. The third kappa shape index (κ3) is 2.28. The van der Waals surface area contributed by atoms with Crippen LogP contribution >= 0.6 is 0 Å². The van der Waals surface area contributed by atoms with Crippen LogP contribution in [0.1, 0.15) is 43.7 Å². The zero-order valence-corrected chi connectivity index (χ0v) is 10.0. The van der Waals surface area contributed by atoms with E-state index in [-0.39, 0.29) is 12.5 Å². The zero-order valence-electron chi connectivity index (χ0n) is 10.0. The number of aromatic nitrogens is 1. The zero-order chi connectivity index (χ0) is 11.5. The van der Waals surface area contributed by atoms with Gasteiger partial charge in [-0.2, -0.15) is 0 Å². The molecule has 0 saturated carbocycles. The fourth-order valence-electron chi connectivity index (χ4n) is 2.13. The molecule has 0 amide bonds. The highest BCUT2D eigenvalue weighted by molar-refractivity contribution is 5.07. The average molecular weight is 224 g/mol. The maximum absolute atomic E-state index is 9.05. The number of nitrogens with zero attached hydrogens (tertiary/aromatic N) is 2. The van der Waals surface area contributed by atoms with Gasteiger partial charge in [-0.3, -0.25) is 0 Å². The van der Waals surface area contributed by atoms with Crippen LogP contribution in [-0.4, -0.2) is 41.2 Å². The molecule has 2 unspecified atom stereocenters. The Morgan fingerprint density at radius 2 is 2.50 bits per heavy atom. The van der Waals surface area contributed by atoms with E-state index < -0.39 is 0 Å². The topological polar surface area (TPSA) is 49.5 Å². The summed E-state index contributed by atoms with van der Waals surface area (Å²) in [6.45, 7) is 7.53. The molecular formula is C12H20N2O2. The number of hydrogen-bond acceptors (Lipinski definition) is 4. The van der Waals surface area contributed by atoms with Crippen molar-refractivity contribution in [1.29, 1.82) is 0 Å². The number of rotatable bonds is 4. The quantitative estimate of drug-likeness (QED) is 0.843. The highest BCUT2D eigenvalue weighted by Gasteiger charge is 2.26. The minimum atomic E-state index is 0.0705. The molecule has 0 aromatic carbocycles. The third-order valence-corrected chi connectivity index (χ3v) is 3.39. The minimum absolute atomic E-state index is 0.0705. The van der Waals surface area contributed by atoms with Crippen LogP contribution in [0.5, 0.6) is 0 Å². The Morgan fingerprint density at radius 3 is 3.12 bits per heavy atom. The summed E-state index contributed by atoms with van der Waals surface area (Å²) in [5.74, 6) is 1.34. The maximum atomic E-state index is 9.05. The SMILES string of the molecule is CCN1CCC(c2nc(C(C)CO)co2)C1. The molecular weight excluding hydrogens is 204 g/mol. The van der Waals surface area contributed by atoms with Crippen LogP contribution in [0.15, 0.2) is 10.7 Å². The lowest BCUT2D eigenvalue weighted by Gasteiger charge is -2.10. The smallest absolute Gasteiger partial charge is 0.198 e. The van der Waals surface area contributed by atoms with Crippen LogP contribution < -0.4 is 0 Å². The standard InChI is InChI=1S/C12H20N2O2/c1-3-14-5-4-10(6-14)12-13-11(8-16-12)9(2)7-15/h8-10,15H,3-7H2,1-2H3. The fourth-order valence-corrected chi connectivity index (χ4v) is 2.13. The molecule has 1 aliphatic rings. The molecule has 1 saturated heterocycles. The van der Waals surface area contributed by atoms with Crippen LogP contribution in [0.3, 0.4) is 0 Å². The number of oxazole rings is 1. The van der Waals surface area contributed by atoms with Gasteiger partial charge in [-0.05, 0) is 19.5 Å². The Bertz CT molecular complexity index is 338. The maximum Gasteiger partial charge on any atom is 0.198 e. The van der Waals surface area contributed by atoms with Gasteiger partial charge in [-0.25, -0.2) is 4.98 Å². The van der Waals surface area contributed by atoms with E-state index in [2.05, 4.69) is 16.8 Å². The minimum Gasteiger partial charge on any atom is -0.448 e. The van der Waals surface area contributed by atoms with Gasteiger partial charge in [-0.1, -0.05) is 13.8 Å². The first-order valence-corrected chi connectivity index (χ1v) is 6.03. The van der Waals surface area contributed by atoms with E-state index in [9.17, 15) is 0 Å². The Hall–Kier alpha value is -0.870. The van der Waals surface area contributed by atoms with E-state index >= 15 is 0 Å². The van der Waals surface area contributed by atoms with Gasteiger partial charge in [0, 0.05) is 18.4 Å². The highest BCUT2D eigenvalue weighted by Crippen LogP contribution is 2.27. The molecule has 0 bridgehead atoms. The van der Waals surface area contributed by atoms with Crippen molar-refractivity contribution < 1.29 is 9.52 Å². The summed E-state index contributed by atoms with van der Waals surface area (Å²) in [5, 5.41) is 9.05. The lowest BCUT2D eigenvalue weighted by Crippen LogP contribution is -2.19. The van der Waals surface area contributed by atoms with Crippen molar-refractivity contribution in [3.05, 3.63) is 17.8 Å². The molecule has 1 aromatic rings. The van der Waals surface area contributed by atoms with E-state index in [4.69, 9.17) is 9.52 Å². The Kier molecular flexibility index (Phi) is 3.61. The first-order chi connectivity index (χ1) is 7.74. The molecule has 2 rings (SSSR count). The molecule has 1 fully saturated rings. The van der Waals surface area contributed by atoms with Crippen molar-refractivity contribution in [3.8, 4) is 0 Å². The average Bonchev–Trinajstić information content (AvgIpc) is 2.95. The van der Waals surface area contributed by atoms with Gasteiger partial charge in [0.05, 0.1) is 12.3 Å². The summed E-state index contributed by atoms with van der Waals surface area (Å²) in [6.07, 6.45) is 2.81. The highest BCUT2D eigenvalue weighted by atomic mass is 16.3. The fraction of sp³-hybridized carbons (Fsp3) is 0.750. The lowest BCUT2D eigenvalue weighted by molar-refractivity contribution is 0.271. The summed E-state index contributed by atoms with van der Waals surface area (Å²) >= 11 is 0. The largest absolute Gasteiger partial charge is 0.448 e. The third-order valence-electron chi connectivity index (χ3n) is 3.39. The molecule has 16 heavy (non-hydrogen) atoms. The van der Waals surface area contributed by atoms with Gasteiger partial charge >= 0.3 is 0 Å². The van der Waals surface area contributed by atoms with Gasteiger partial charge in [0.1, 0.15) is 6.26 Å². The van der Waals surface area contributed by atoms with Crippen LogP contribution in [-0.2, 0) is 0 Å². The Morgan fingerprint density at radius 1 is 1.69 bits per heavy atom. The van der Waals surface area contributed by atoms with E-state index in [1.807, 2.05) is 6.92 Å². The number of likely N-dealkylation sites (N-methyl/N-ethyl adjacent to an activating group) is 1. The van der Waals surface area contributed by atoms with E-state index in [1.54, 1.807) is 6.26 Å². The first-order valence-electron chi connectivity index (χ1n) is 6.03. The van der Waals surface area contributed by atoms with Gasteiger partial charge < -0.3 is 14.4 Å². The van der Waals surface area contributed by atoms with Crippen molar-refractivity contribution in [2.45, 2.75) is 32.1 Å². The van der Waals surface area contributed by atoms with Crippen LogP contribution in [0, 0.1) is 0 Å². The van der Waals surface area contributed by atoms with Gasteiger partial charge in [-0.15, -0.1) is 0 Å². The predicted octanol–water partition coefficient (Wildman–Crippen LogP) is 1.58. The van der Waals surface area contributed by atoms with Crippen LogP contribution in [0.4, 0.5) is 0 Å². The number of aliphatic hydroxyl groups is 1. The molecule has 0 spiro atoms. The first kappa shape index (κ1) is 11.6. The molecule has 1 aliphatic heterocycles. The molecule has 1 N–H and O–H groups in total. The second-order valence-corrected chi connectivity index (χ2v) is 4.57. The summed E-state index contributed by atoms with van der Waals surface area (Å²) in [7, 11) is 0. The van der Waals surface area contributed by atoms with Crippen LogP contribution in [0.2, 0.25) is 0 Å². The molecule has 1 aromatic heterocycles. The molecule has 0 aliphatic carbocycles. The monoisotopic (exact) mass is 224 g/mol. The van der Waals surface area contributed by atoms with Crippen molar-refractivity contribution in [2.24, 2.45) is 0 Å². The van der Waals surface area contributed by atoms with Gasteiger partial charge in [0.2, 0.25) is 0 Å². The number of likely N-dealkylation sites (tertiary alicyclic amines) is 1.